The quantitative estimate of drug-likeness (QED) is 0.485. The van der Waals surface area contributed by atoms with Gasteiger partial charge < -0.3 is 4.74 Å². The van der Waals surface area contributed by atoms with Crippen LogP contribution in [-0.4, -0.2) is 28.3 Å². The summed E-state index contributed by atoms with van der Waals surface area (Å²) in [5.74, 6) is 0.790. The first-order valence-electron chi connectivity index (χ1n) is 10.1. The highest BCUT2D eigenvalue weighted by Crippen LogP contribution is 2.38. The van der Waals surface area contributed by atoms with Crippen molar-refractivity contribution in [1.82, 2.24) is 9.88 Å². The van der Waals surface area contributed by atoms with Gasteiger partial charge in [0.05, 0.1) is 23.6 Å². The molecule has 0 N–H and O–H groups in total. The van der Waals surface area contributed by atoms with Crippen LogP contribution >= 0.6 is 11.8 Å². The first-order valence-corrected chi connectivity index (χ1v) is 11.0. The summed E-state index contributed by atoms with van der Waals surface area (Å²) in [4.78, 5) is 32.5. The number of rotatable bonds is 8. The molecular weight excluding hydrogens is 408 g/mol. The fraction of sp³-hybridized carbons (Fsp3) is 0.160. The van der Waals surface area contributed by atoms with E-state index in [1.54, 1.807) is 18.5 Å². The standard InChI is InChI=1S/C25H22N2O3S/c1-2-30-21-12-10-20(11-13-21)22-23(31-17-18-7-4-3-5-8-18)25(29)27(24(22)28)16-19-9-6-14-26-15-19/h3-15H,2,16-17H2,1H3. The van der Waals surface area contributed by atoms with E-state index in [1.165, 1.54) is 16.7 Å². The molecule has 5 nitrogen and oxygen atoms in total. The molecule has 0 unspecified atom stereocenters. The van der Waals surface area contributed by atoms with Crippen molar-refractivity contribution in [3.8, 4) is 5.75 Å². The average Bonchev–Trinajstić information content (AvgIpc) is 3.04. The number of carbonyl (C=O) groups excluding carboxylic acids is 2. The van der Waals surface area contributed by atoms with E-state index in [1.807, 2.05) is 67.6 Å². The number of ether oxygens (including phenoxy) is 1. The van der Waals surface area contributed by atoms with Gasteiger partial charge in [0, 0.05) is 18.1 Å². The summed E-state index contributed by atoms with van der Waals surface area (Å²) in [5, 5.41) is 0. The van der Waals surface area contributed by atoms with Crippen LogP contribution in [0.1, 0.15) is 23.6 Å². The van der Waals surface area contributed by atoms with Crippen molar-refractivity contribution >= 4 is 29.1 Å². The van der Waals surface area contributed by atoms with E-state index in [-0.39, 0.29) is 18.4 Å². The van der Waals surface area contributed by atoms with Crippen LogP contribution in [0.5, 0.6) is 5.75 Å². The van der Waals surface area contributed by atoms with Gasteiger partial charge in [0.15, 0.2) is 0 Å². The Bertz CT molecular complexity index is 1100. The molecule has 0 spiro atoms. The number of amides is 2. The van der Waals surface area contributed by atoms with Crippen LogP contribution in [0.4, 0.5) is 0 Å². The Kier molecular flexibility index (Phi) is 6.48. The van der Waals surface area contributed by atoms with Gasteiger partial charge in [-0.15, -0.1) is 11.8 Å². The molecular formula is C25H22N2O3S. The lowest BCUT2D eigenvalue weighted by atomic mass is 10.1. The Morgan fingerprint density at radius 3 is 2.32 bits per heavy atom. The normalized spacial score (nSPS) is 13.8. The van der Waals surface area contributed by atoms with Crippen LogP contribution in [0.2, 0.25) is 0 Å². The monoisotopic (exact) mass is 430 g/mol. The molecule has 0 saturated heterocycles. The lowest BCUT2D eigenvalue weighted by Gasteiger charge is -2.15. The molecule has 0 aliphatic carbocycles. The second kappa shape index (κ2) is 9.62. The summed E-state index contributed by atoms with van der Waals surface area (Å²) in [6, 6.07) is 20.9. The van der Waals surface area contributed by atoms with Gasteiger partial charge in [-0.25, -0.2) is 0 Å². The van der Waals surface area contributed by atoms with E-state index in [4.69, 9.17) is 4.74 Å². The van der Waals surface area contributed by atoms with Crippen LogP contribution in [-0.2, 0) is 21.9 Å². The fourth-order valence-electron chi connectivity index (χ4n) is 3.37. The molecule has 31 heavy (non-hydrogen) atoms. The maximum atomic E-state index is 13.3. The SMILES string of the molecule is CCOc1ccc(C2=C(SCc3ccccc3)C(=O)N(Cc3cccnc3)C2=O)cc1. The van der Waals surface area contributed by atoms with E-state index in [0.29, 0.717) is 28.4 Å². The molecule has 2 heterocycles. The Morgan fingerprint density at radius 1 is 0.903 bits per heavy atom. The van der Waals surface area contributed by atoms with Crippen LogP contribution in [0.3, 0.4) is 0 Å². The third-order valence-electron chi connectivity index (χ3n) is 4.87. The van der Waals surface area contributed by atoms with Gasteiger partial charge in [0.1, 0.15) is 5.75 Å². The van der Waals surface area contributed by atoms with E-state index < -0.39 is 0 Å². The average molecular weight is 431 g/mol. The fourth-order valence-corrected chi connectivity index (χ4v) is 4.46. The highest BCUT2D eigenvalue weighted by molar-refractivity contribution is 8.03. The largest absolute Gasteiger partial charge is 0.494 e. The molecule has 6 heteroatoms. The number of thioether (sulfide) groups is 1. The van der Waals surface area contributed by atoms with E-state index in [9.17, 15) is 9.59 Å². The molecule has 0 atom stereocenters. The van der Waals surface area contributed by atoms with Gasteiger partial charge in [0.2, 0.25) is 0 Å². The first-order chi connectivity index (χ1) is 15.2. The number of nitrogens with zero attached hydrogens (tertiary/aromatic N) is 2. The van der Waals surface area contributed by atoms with Crippen molar-refractivity contribution in [3.05, 3.63) is 101 Å². The van der Waals surface area contributed by atoms with Crippen molar-refractivity contribution < 1.29 is 14.3 Å². The van der Waals surface area contributed by atoms with Crippen LogP contribution in [0.15, 0.2) is 84.0 Å². The van der Waals surface area contributed by atoms with Gasteiger partial charge in [-0.1, -0.05) is 48.5 Å². The number of pyridine rings is 1. The van der Waals surface area contributed by atoms with Crippen LogP contribution in [0.25, 0.3) is 5.57 Å². The van der Waals surface area contributed by atoms with Gasteiger partial charge in [-0.2, -0.15) is 0 Å². The van der Waals surface area contributed by atoms with Crippen molar-refractivity contribution in [1.29, 1.82) is 0 Å². The molecule has 2 amide bonds. The molecule has 1 aromatic heterocycles. The predicted molar refractivity (Wildman–Crippen MR) is 122 cm³/mol. The number of hydrogen-bond acceptors (Lipinski definition) is 5. The lowest BCUT2D eigenvalue weighted by Crippen LogP contribution is -2.31. The second-order valence-electron chi connectivity index (χ2n) is 6.99. The smallest absolute Gasteiger partial charge is 0.268 e. The Balaban J connectivity index is 1.66. The van der Waals surface area contributed by atoms with Crippen molar-refractivity contribution in [2.75, 3.05) is 6.61 Å². The van der Waals surface area contributed by atoms with E-state index in [2.05, 4.69) is 4.98 Å². The number of benzene rings is 2. The zero-order valence-electron chi connectivity index (χ0n) is 17.2. The maximum absolute atomic E-state index is 13.3. The van der Waals surface area contributed by atoms with Crippen LogP contribution in [0, 0.1) is 0 Å². The highest BCUT2D eigenvalue weighted by atomic mass is 32.2. The van der Waals surface area contributed by atoms with Crippen LogP contribution < -0.4 is 4.74 Å². The Hall–Kier alpha value is -3.38. The lowest BCUT2D eigenvalue weighted by molar-refractivity contribution is -0.137. The van der Waals surface area contributed by atoms with E-state index >= 15 is 0 Å². The number of imide groups is 1. The third-order valence-corrected chi connectivity index (χ3v) is 6.01. The van der Waals surface area contributed by atoms with Gasteiger partial charge in [-0.3, -0.25) is 19.5 Å². The topological polar surface area (TPSA) is 59.5 Å². The zero-order valence-corrected chi connectivity index (χ0v) is 18.0. The third kappa shape index (κ3) is 4.70. The minimum Gasteiger partial charge on any atom is -0.494 e. The summed E-state index contributed by atoms with van der Waals surface area (Å²) in [5.41, 5.74) is 3.06. The molecule has 1 aliphatic rings. The highest BCUT2D eigenvalue weighted by Gasteiger charge is 2.39. The summed E-state index contributed by atoms with van der Waals surface area (Å²) >= 11 is 1.40. The predicted octanol–water partition coefficient (Wildman–Crippen LogP) is 4.69. The van der Waals surface area contributed by atoms with E-state index in [0.717, 1.165) is 16.9 Å². The second-order valence-corrected chi connectivity index (χ2v) is 7.98. The summed E-state index contributed by atoms with van der Waals surface area (Å²) in [7, 11) is 0. The van der Waals surface area contributed by atoms with Gasteiger partial charge >= 0.3 is 0 Å². The minimum absolute atomic E-state index is 0.196. The molecule has 2 aromatic carbocycles. The summed E-state index contributed by atoms with van der Waals surface area (Å²) in [6.07, 6.45) is 3.34. The Labute approximate surface area is 185 Å². The zero-order chi connectivity index (χ0) is 21.6. The van der Waals surface area contributed by atoms with Crippen molar-refractivity contribution in [3.63, 3.8) is 0 Å². The first kappa shape index (κ1) is 20.9. The number of hydrogen-bond donors (Lipinski definition) is 0. The Morgan fingerprint density at radius 2 is 1.65 bits per heavy atom. The molecule has 0 fully saturated rings. The number of carbonyl (C=O) groups is 2. The maximum Gasteiger partial charge on any atom is 0.268 e. The molecule has 3 aromatic rings. The molecule has 4 rings (SSSR count). The van der Waals surface area contributed by atoms with Gasteiger partial charge in [-0.05, 0) is 41.8 Å². The molecule has 1 aliphatic heterocycles. The summed E-state index contributed by atoms with van der Waals surface area (Å²) in [6.45, 7) is 2.68. The van der Waals surface area contributed by atoms with Gasteiger partial charge in [0.25, 0.3) is 11.8 Å². The molecule has 0 saturated carbocycles. The molecule has 156 valence electrons. The number of aromatic nitrogens is 1. The molecule has 0 bridgehead atoms. The molecule has 0 radical (unpaired) electrons. The summed E-state index contributed by atoms with van der Waals surface area (Å²) < 4.78 is 5.51. The van der Waals surface area contributed by atoms with Crippen molar-refractivity contribution in [2.45, 2.75) is 19.2 Å². The minimum atomic E-state index is -0.284. The van der Waals surface area contributed by atoms with Crippen molar-refractivity contribution in [2.24, 2.45) is 0 Å².